The predicted octanol–water partition coefficient (Wildman–Crippen LogP) is 7.80. The molecule has 4 aromatic carbocycles. The fourth-order valence-corrected chi connectivity index (χ4v) is 3.36. The Hall–Kier alpha value is -3.38. The van der Waals surface area contributed by atoms with Crippen molar-refractivity contribution in [3.05, 3.63) is 118 Å². The topological polar surface area (TPSA) is 0 Å². The monoisotopic (exact) mass is 360 g/mol. The fraction of sp³-hybridized carbons (Fsp3) is 0.0714. The normalized spacial score (nSPS) is 11.6. The zero-order chi connectivity index (χ0) is 19.3. The highest BCUT2D eigenvalue weighted by Gasteiger charge is 2.02. The van der Waals surface area contributed by atoms with Gasteiger partial charge in [0.05, 0.1) is 0 Å². The summed E-state index contributed by atoms with van der Waals surface area (Å²) in [6.07, 6.45) is 8.78. The lowest BCUT2D eigenvalue weighted by Gasteiger charge is -2.07. The minimum absolute atomic E-state index is 1.22. The number of rotatable bonds is 4. The maximum absolute atomic E-state index is 2.21. The number of hydrogen-bond donors (Lipinski definition) is 0. The molecule has 0 heteroatoms. The summed E-state index contributed by atoms with van der Waals surface area (Å²) in [7, 11) is 0. The lowest BCUT2D eigenvalue weighted by atomic mass is 9.98. The summed E-state index contributed by atoms with van der Waals surface area (Å²) in [4.78, 5) is 0. The lowest BCUT2D eigenvalue weighted by Crippen LogP contribution is -1.83. The molecule has 0 aliphatic rings. The summed E-state index contributed by atoms with van der Waals surface area (Å²) in [6.45, 7) is 4.23. The maximum atomic E-state index is 2.21. The highest BCUT2D eigenvalue weighted by Crippen LogP contribution is 2.26. The second kappa shape index (κ2) is 8.10. The summed E-state index contributed by atoms with van der Waals surface area (Å²) >= 11 is 0. The molecule has 28 heavy (non-hydrogen) atoms. The van der Waals surface area contributed by atoms with Crippen molar-refractivity contribution in [3.8, 4) is 0 Å². The lowest BCUT2D eigenvalue weighted by molar-refractivity contribution is 1.46. The molecule has 0 radical (unpaired) electrons. The molecule has 136 valence electrons. The standard InChI is InChI=1S/C28H24/c1-21-7-11-23(12-8-21)15-17-25-19-20-26(28-6-4-3-5-27(25)28)18-16-24-13-9-22(2)10-14-24/h3-20H,1-2H3/b17-15-,18-16-. The van der Waals surface area contributed by atoms with E-state index >= 15 is 0 Å². The van der Waals surface area contributed by atoms with Gasteiger partial charge in [-0.05, 0) is 46.9 Å². The molecule has 0 N–H and O–H groups in total. The van der Waals surface area contributed by atoms with Crippen molar-refractivity contribution < 1.29 is 0 Å². The van der Waals surface area contributed by atoms with Crippen LogP contribution >= 0.6 is 0 Å². The highest BCUT2D eigenvalue weighted by atomic mass is 14.1. The number of hydrogen-bond acceptors (Lipinski definition) is 0. The molecule has 0 heterocycles. The smallest absolute Gasteiger partial charge is 0.0105 e. The maximum Gasteiger partial charge on any atom is -0.0105 e. The van der Waals surface area contributed by atoms with Gasteiger partial charge in [0.25, 0.3) is 0 Å². The Labute approximate surface area is 167 Å². The Morgan fingerprint density at radius 1 is 0.429 bits per heavy atom. The van der Waals surface area contributed by atoms with Crippen LogP contribution in [0.4, 0.5) is 0 Å². The van der Waals surface area contributed by atoms with Gasteiger partial charge in [-0.25, -0.2) is 0 Å². The predicted molar refractivity (Wildman–Crippen MR) is 124 cm³/mol. The van der Waals surface area contributed by atoms with Gasteiger partial charge in [0.15, 0.2) is 0 Å². The van der Waals surface area contributed by atoms with Crippen LogP contribution in [-0.4, -0.2) is 0 Å². The van der Waals surface area contributed by atoms with Crippen molar-refractivity contribution >= 4 is 35.1 Å². The molecule has 0 aromatic heterocycles. The molecule has 4 rings (SSSR count). The minimum atomic E-state index is 1.22. The summed E-state index contributed by atoms with van der Waals surface area (Å²) in [5.41, 5.74) is 7.49. The summed E-state index contributed by atoms with van der Waals surface area (Å²) in [5.74, 6) is 0. The Bertz CT molecular complexity index is 1050. The van der Waals surface area contributed by atoms with Crippen molar-refractivity contribution in [3.63, 3.8) is 0 Å². The van der Waals surface area contributed by atoms with Crippen LogP contribution in [0.3, 0.4) is 0 Å². The van der Waals surface area contributed by atoms with Crippen molar-refractivity contribution in [1.29, 1.82) is 0 Å². The van der Waals surface area contributed by atoms with Crippen molar-refractivity contribution in [2.45, 2.75) is 13.8 Å². The van der Waals surface area contributed by atoms with Crippen molar-refractivity contribution in [2.75, 3.05) is 0 Å². The van der Waals surface area contributed by atoms with E-state index in [-0.39, 0.29) is 0 Å². The summed E-state index contributed by atoms with van der Waals surface area (Å²) < 4.78 is 0. The molecule has 0 fully saturated rings. The average Bonchev–Trinajstić information content (AvgIpc) is 2.73. The molecule has 0 amide bonds. The van der Waals surface area contributed by atoms with E-state index < -0.39 is 0 Å². The minimum Gasteiger partial charge on any atom is -0.0616 e. The van der Waals surface area contributed by atoms with Crippen LogP contribution in [0.1, 0.15) is 33.4 Å². The van der Waals surface area contributed by atoms with Crippen LogP contribution in [0, 0.1) is 13.8 Å². The second-order valence-corrected chi connectivity index (χ2v) is 7.28. The first-order valence-electron chi connectivity index (χ1n) is 9.70. The number of fused-ring (bicyclic) bond motifs is 1. The Morgan fingerprint density at radius 2 is 0.821 bits per heavy atom. The molecule has 0 spiro atoms. The molecule has 0 unspecified atom stereocenters. The van der Waals surface area contributed by atoms with E-state index in [1.807, 2.05) is 0 Å². The van der Waals surface area contributed by atoms with Crippen LogP contribution in [0.5, 0.6) is 0 Å². The molecular formula is C28H24. The van der Waals surface area contributed by atoms with Crippen LogP contribution < -0.4 is 0 Å². The third kappa shape index (κ3) is 4.13. The molecule has 0 saturated heterocycles. The van der Waals surface area contributed by atoms with Gasteiger partial charge in [-0.15, -0.1) is 0 Å². The molecule has 0 nitrogen and oxygen atoms in total. The Kier molecular flexibility index (Phi) is 5.21. The number of benzene rings is 4. The van der Waals surface area contributed by atoms with Crippen LogP contribution in [0.25, 0.3) is 35.1 Å². The van der Waals surface area contributed by atoms with Crippen molar-refractivity contribution in [2.24, 2.45) is 0 Å². The largest absolute Gasteiger partial charge is 0.0616 e. The van der Waals surface area contributed by atoms with E-state index in [9.17, 15) is 0 Å². The molecule has 0 atom stereocenters. The third-order valence-corrected chi connectivity index (χ3v) is 5.06. The molecular weight excluding hydrogens is 336 g/mol. The zero-order valence-corrected chi connectivity index (χ0v) is 16.4. The van der Waals surface area contributed by atoms with Gasteiger partial charge in [-0.2, -0.15) is 0 Å². The third-order valence-electron chi connectivity index (χ3n) is 5.06. The van der Waals surface area contributed by atoms with E-state index in [4.69, 9.17) is 0 Å². The molecule has 0 saturated carbocycles. The summed E-state index contributed by atoms with van der Waals surface area (Å²) in [5, 5.41) is 2.55. The molecule has 4 aromatic rings. The first-order valence-corrected chi connectivity index (χ1v) is 9.70. The van der Waals surface area contributed by atoms with Gasteiger partial charge in [0.1, 0.15) is 0 Å². The molecule has 0 bridgehead atoms. The van der Waals surface area contributed by atoms with Gasteiger partial charge in [0.2, 0.25) is 0 Å². The zero-order valence-electron chi connectivity index (χ0n) is 16.4. The van der Waals surface area contributed by atoms with Gasteiger partial charge < -0.3 is 0 Å². The highest BCUT2D eigenvalue weighted by molar-refractivity contribution is 5.99. The second-order valence-electron chi connectivity index (χ2n) is 7.28. The average molecular weight is 361 g/mol. The molecule has 0 aliphatic heterocycles. The van der Waals surface area contributed by atoms with Gasteiger partial charge in [-0.3, -0.25) is 0 Å². The Morgan fingerprint density at radius 3 is 1.21 bits per heavy atom. The fourth-order valence-electron chi connectivity index (χ4n) is 3.36. The van der Waals surface area contributed by atoms with E-state index in [1.54, 1.807) is 0 Å². The first kappa shape index (κ1) is 18.0. The van der Waals surface area contributed by atoms with E-state index in [0.717, 1.165) is 0 Å². The van der Waals surface area contributed by atoms with Gasteiger partial charge in [-0.1, -0.05) is 120 Å². The molecule has 0 aliphatic carbocycles. The van der Waals surface area contributed by atoms with Crippen LogP contribution in [0.2, 0.25) is 0 Å². The Balaban J connectivity index is 1.68. The van der Waals surface area contributed by atoms with Crippen LogP contribution in [0.15, 0.2) is 84.9 Å². The SMILES string of the molecule is Cc1ccc(/C=C\c2ccc(/C=C\c3ccc(C)cc3)c3ccccc23)cc1. The number of aryl methyl sites for hydroxylation is 2. The summed E-state index contributed by atoms with van der Waals surface area (Å²) in [6, 6.07) is 30.3. The first-order chi connectivity index (χ1) is 13.7. The van der Waals surface area contributed by atoms with Gasteiger partial charge in [0, 0.05) is 0 Å². The van der Waals surface area contributed by atoms with Gasteiger partial charge >= 0.3 is 0 Å². The van der Waals surface area contributed by atoms with E-state index in [1.165, 1.54) is 44.2 Å². The van der Waals surface area contributed by atoms with E-state index in [2.05, 4.69) is 123 Å². The van der Waals surface area contributed by atoms with Crippen LogP contribution in [-0.2, 0) is 0 Å². The van der Waals surface area contributed by atoms with E-state index in [0.29, 0.717) is 0 Å². The quantitative estimate of drug-likeness (QED) is 0.326. The van der Waals surface area contributed by atoms with Crippen molar-refractivity contribution in [1.82, 2.24) is 0 Å².